The van der Waals surface area contributed by atoms with Crippen molar-refractivity contribution in [3.05, 3.63) is 12.7 Å². The van der Waals surface area contributed by atoms with Gasteiger partial charge in [-0.3, -0.25) is 0 Å². The van der Waals surface area contributed by atoms with Gasteiger partial charge in [-0.05, 0) is 56.8 Å². The fourth-order valence-corrected chi connectivity index (χ4v) is 2.88. The molecular weight excluding hydrogens is 258 g/mol. The average molecular weight is 288 g/mol. The van der Waals surface area contributed by atoms with Crippen LogP contribution in [0.3, 0.4) is 0 Å². The first-order valence-electron chi connectivity index (χ1n) is 8.07. The molecule has 0 aromatic rings. The third-order valence-electron chi connectivity index (χ3n) is 4.43. The van der Waals surface area contributed by atoms with Gasteiger partial charge >= 0.3 is 6.11 Å². The van der Waals surface area contributed by atoms with Gasteiger partial charge in [0.05, 0.1) is 12.0 Å². The van der Waals surface area contributed by atoms with Gasteiger partial charge in [0.15, 0.2) is 0 Å². The minimum atomic E-state index is -2.97. The van der Waals surface area contributed by atoms with Crippen molar-refractivity contribution < 1.29 is 13.5 Å². The van der Waals surface area contributed by atoms with Crippen molar-refractivity contribution in [2.24, 2.45) is 17.8 Å². The Morgan fingerprint density at radius 2 is 1.80 bits per heavy atom. The van der Waals surface area contributed by atoms with Gasteiger partial charge < -0.3 is 4.74 Å². The van der Waals surface area contributed by atoms with E-state index in [1.165, 1.54) is 0 Å². The molecule has 1 saturated carbocycles. The maximum atomic E-state index is 14.3. The van der Waals surface area contributed by atoms with E-state index in [9.17, 15) is 8.78 Å². The van der Waals surface area contributed by atoms with Crippen molar-refractivity contribution in [2.75, 3.05) is 0 Å². The molecule has 0 aromatic carbocycles. The average Bonchev–Trinajstić information content (AvgIpc) is 2.43. The normalized spacial score (nSPS) is 25.7. The summed E-state index contributed by atoms with van der Waals surface area (Å²) in [4.78, 5) is 0. The van der Waals surface area contributed by atoms with Crippen molar-refractivity contribution >= 4 is 0 Å². The second-order valence-corrected chi connectivity index (χ2v) is 6.53. The van der Waals surface area contributed by atoms with Crippen molar-refractivity contribution in [1.29, 1.82) is 0 Å². The molecule has 1 atom stereocenters. The third kappa shape index (κ3) is 5.51. The minimum absolute atomic E-state index is 0.315. The van der Waals surface area contributed by atoms with Gasteiger partial charge in [-0.15, -0.1) is 6.58 Å². The maximum absolute atomic E-state index is 14.3. The van der Waals surface area contributed by atoms with E-state index < -0.39 is 12.0 Å². The molecule has 1 rings (SSSR count). The Morgan fingerprint density at radius 1 is 1.20 bits per heavy atom. The predicted molar refractivity (Wildman–Crippen MR) is 79.8 cm³/mol. The largest absolute Gasteiger partial charge is 0.358 e. The predicted octanol–water partition coefficient (Wildman–Crippen LogP) is 5.80. The Hall–Kier alpha value is -0.440. The summed E-state index contributed by atoms with van der Waals surface area (Å²) in [6.45, 7) is 9.91. The molecule has 0 spiro atoms. The summed E-state index contributed by atoms with van der Waals surface area (Å²) in [6, 6.07) is 0. The van der Waals surface area contributed by atoms with E-state index in [0.29, 0.717) is 31.1 Å². The highest BCUT2D eigenvalue weighted by molar-refractivity contribution is 4.86. The molecule has 20 heavy (non-hydrogen) atoms. The van der Waals surface area contributed by atoms with Crippen LogP contribution in [-0.2, 0) is 4.74 Å². The molecule has 1 unspecified atom stereocenters. The van der Waals surface area contributed by atoms with Crippen molar-refractivity contribution in [3.63, 3.8) is 0 Å². The molecule has 3 heteroatoms. The lowest BCUT2D eigenvalue weighted by Crippen LogP contribution is -2.37. The molecule has 0 bridgehead atoms. The van der Waals surface area contributed by atoms with E-state index in [2.05, 4.69) is 20.4 Å². The van der Waals surface area contributed by atoms with Crippen molar-refractivity contribution in [3.8, 4) is 0 Å². The number of alkyl halides is 2. The highest BCUT2D eigenvalue weighted by atomic mass is 19.3. The number of hydrogen-bond acceptors (Lipinski definition) is 1. The van der Waals surface area contributed by atoms with Crippen LogP contribution in [0.25, 0.3) is 0 Å². The second-order valence-electron chi connectivity index (χ2n) is 6.53. The Morgan fingerprint density at radius 3 is 2.25 bits per heavy atom. The van der Waals surface area contributed by atoms with Gasteiger partial charge in [-0.1, -0.05) is 26.8 Å². The van der Waals surface area contributed by atoms with Crippen LogP contribution in [0.2, 0.25) is 0 Å². The summed E-state index contributed by atoms with van der Waals surface area (Å²) in [5, 5.41) is 0. The molecule has 0 saturated heterocycles. The second kappa shape index (κ2) is 8.11. The van der Waals surface area contributed by atoms with E-state index in [1.54, 1.807) is 0 Å². The zero-order valence-electron chi connectivity index (χ0n) is 13.2. The van der Waals surface area contributed by atoms with Crippen LogP contribution in [0.15, 0.2) is 12.7 Å². The summed E-state index contributed by atoms with van der Waals surface area (Å²) in [7, 11) is 0. The summed E-state index contributed by atoms with van der Waals surface area (Å²) in [5.41, 5.74) is 0. The van der Waals surface area contributed by atoms with Gasteiger partial charge in [-0.2, -0.15) is 8.78 Å². The Balaban J connectivity index is 2.48. The summed E-state index contributed by atoms with van der Waals surface area (Å²) >= 11 is 0. The molecule has 0 aliphatic heterocycles. The Kier molecular flexibility index (Phi) is 7.14. The number of hydrogen-bond donors (Lipinski definition) is 0. The Bertz CT molecular complexity index is 281. The van der Waals surface area contributed by atoms with E-state index in [0.717, 1.165) is 25.7 Å². The SMILES string of the molecule is C=CC1CCC(C(F)(F)OC(CC)CCC(C)C)CC1. The van der Waals surface area contributed by atoms with Crippen LogP contribution < -0.4 is 0 Å². The highest BCUT2D eigenvalue weighted by Crippen LogP contribution is 2.40. The molecule has 0 amide bonds. The van der Waals surface area contributed by atoms with E-state index >= 15 is 0 Å². The number of halogens is 2. The summed E-state index contributed by atoms with van der Waals surface area (Å²) in [5.74, 6) is 0.320. The van der Waals surface area contributed by atoms with Crippen molar-refractivity contribution in [2.45, 2.75) is 77.9 Å². The fraction of sp³-hybridized carbons (Fsp3) is 0.882. The van der Waals surface area contributed by atoms with Gasteiger partial charge in [0.25, 0.3) is 0 Å². The Labute approximate surface area is 122 Å². The lowest BCUT2D eigenvalue weighted by Gasteiger charge is -2.34. The maximum Gasteiger partial charge on any atom is 0.358 e. The van der Waals surface area contributed by atoms with E-state index in [4.69, 9.17) is 4.74 Å². The topological polar surface area (TPSA) is 9.23 Å². The monoisotopic (exact) mass is 288 g/mol. The molecule has 0 aromatic heterocycles. The molecule has 118 valence electrons. The fourth-order valence-electron chi connectivity index (χ4n) is 2.88. The molecule has 0 radical (unpaired) electrons. The first-order valence-corrected chi connectivity index (χ1v) is 8.07. The molecule has 1 nitrogen and oxygen atoms in total. The van der Waals surface area contributed by atoms with Crippen LogP contribution in [-0.4, -0.2) is 12.2 Å². The standard InChI is InChI=1S/C17H30F2O/c1-5-14-8-10-15(11-9-14)17(18,19)20-16(6-2)12-7-13(3)4/h5,13-16H,1,6-12H2,2-4H3. The van der Waals surface area contributed by atoms with E-state index in [1.807, 2.05) is 13.0 Å². The van der Waals surface area contributed by atoms with E-state index in [-0.39, 0.29) is 6.10 Å². The van der Waals surface area contributed by atoms with Gasteiger partial charge in [0, 0.05) is 0 Å². The lowest BCUT2D eigenvalue weighted by molar-refractivity contribution is -0.299. The number of allylic oxidation sites excluding steroid dienone is 1. The first kappa shape index (κ1) is 17.6. The molecule has 1 aliphatic carbocycles. The van der Waals surface area contributed by atoms with Gasteiger partial charge in [0.2, 0.25) is 0 Å². The van der Waals surface area contributed by atoms with Gasteiger partial charge in [0.1, 0.15) is 0 Å². The number of rotatable bonds is 8. The molecule has 1 aliphatic rings. The van der Waals surface area contributed by atoms with Crippen LogP contribution in [0, 0.1) is 17.8 Å². The molecular formula is C17H30F2O. The van der Waals surface area contributed by atoms with Crippen molar-refractivity contribution in [1.82, 2.24) is 0 Å². The third-order valence-corrected chi connectivity index (χ3v) is 4.43. The van der Waals surface area contributed by atoms with Crippen LogP contribution in [0.1, 0.15) is 65.7 Å². The van der Waals surface area contributed by atoms with Gasteiger partial charge in [-0.25, -0.2) is 0 Å². The minimum Gasteiger partial charge on any atom is -0.317 e. The quantitative estimate of drug-likeness (QED) is 0.513. The smallest absolute Gasteiger partial charge is 0.317 e. The molecule has 1 fully saturated rings. The number of ether oxygens (including phenoxy) is 1. The zero-order chi connectivity index (χ0) is 15.2. The van der Waals surface area contributed by atoms with Crippen LogP contribution in [0.4, 0.5) is 8.78 Å². The summed E-state index contributed by atoms with van der Waals surface area (Å²) < 4.78 is 33.7. The van der Waals surface area contributed by atoms with Crippen LogP contribution >= 0.6 is 0 Å². The lowest BCUT2D eigenvalue weighted by atomic mass is 9.81. The zero-order valence-corrected chi connectivity index (χ0v) is 13.2. The summed E-state index contributed by atoms with van der Waals surface area (Å²) in [6.07, 6.45) is 3.66. The molecule has 0 heterocycles. The first-order chi connectivity index (χ1) is 9.39. The van der Waals surface area contributed by atoms with Crippen LogP contribution in [0.5, 0.6) is 0 Å². The molecule has 0 N–H and O–H groups in total. The highest BCUT2D eigenvalue weighted by Gasteiger charge is 2.43.